The molecule has 0 N–H and O–H groups in total. The fraction of sp³-hybridized carbons (Fsp3) is 0.375. The number of hydrogen-bond acceptors (Lipinski definition) is 7. The van der Waals surface area contributed by atoms with Crippen molar-refractivity contribution in [1.82, 2.24) is 20.0 Å². The van der Waals surface area contributed by atoms with E-state index in [2.05, 4.69) is 27.2 Å². The molecular formula is C24H23ClN4O4. The minimum atomic E-state index is -0.290. The molecule has 1 amide bonds. The summed E-state index contributed by atoms with van der Waals surface area (Å²) < 4.78 is 16.9. The van der Waals surface area contributed by atoms with Gasteiger partial charge in [-0.15, -0.1) is 10.2 Å². The van der Waals surface area contributed by atoms with E-state index in [0.29, 0.717) is 29.1 Å². The van der Waals surface area contributed by atoms with Gasteiger partial charge in [0, 0.05) is 35.6 Å². The van der Waals surface area contributed by atoms with Crippen molar-refractivity contribution in [2.24, 2.45) is 5.41 Å². The van der Waals surface area contributed by atoms with Crippen molar-refractivity contribution < 1.29 is 18.7 Å². The Bertz CT molecular complexity index is 1150. The van der Waals surface area contributed by atoms with E-state index in [1.54, 1.807) is 29.2 Å². The van der Waals surface area contributed by atoms with Crippen LogP contribution in [0, 0.1) is 5.41 Å². The summed E-state index contributed by atoms with van der Waals surface area (Å²) in [5, 5.41) is 8.48. The lowest BCUT2D eigenvalue weighted by Crippen LogP contribution is -2.65. The van der Waals surface area contributed by atoms with Crippen LogP contribution in [0.2, 0.25) is 5.02 Å². The van der Waals surface area contributed by atoms with E-state index >= 15 is 0 Å². The van der Waals surface area contributed by atoms with Crippen molar-refractivity contribution in [3.8, 4) is 17.2 Å². The number of carbonyl (C=O) groups is 1. The van der Waals surface area contributed by atoms with E-state index in [-0.39, 0.29) is 23.8 Å². The molecule has 8 nitrogen and oxygen atoms in total. The van der Waals surface area contributed by atoms with Crippen LogP contribution < -0.4 is 4.74 Å². The standard InChI is InChI=1S/C24H23ClN4O4/c25-18-5-3-17(4-6-18)21-26-27-22(33-21)23(30)29-10-20(11-29)32-19-7-1-16(2-8-19)9-28-12-24(13-28)14-31-15-24/h1-8,20H,9-15H2. The van der Waals surface area contributed by atoms with Crippen LogP contribution in [0.25, 0.3) is 11.5 Å². The molecule has 3 aromatic rings. The van der Waals surface area contributed by atoms with Gasteiger partial charge in [-0.25, -0.2) is 0 Å². The number of carbonyl (C=O) groups excluding carboxylic acids is 1. The summed E-state index contributed by atoms with van der Waals surface area (Å²) in [5.41, 5.74) is 2.43. The first-order chi connectivity index (χ1) is 16.1. The van der Waals surface area contributed by atoms with Gasteiger partial charge in [-0.3, -0.25) is 9.69 Å². The third-order valence-electron chi connectivity index (χ3n) is 6.40. The summed E-state index contributed by atoms with van der Waals surface area (Å²) in [6, 6.07) is 15.2. The minimum absolute atomic E-state index is 0.0241. The largest absolute Gasteiger partial charge is 0.487 e. The number of likely N-dealkylation sites (tertiary alicyclic amines) is 2. The van der Waals surface area contributed by atoms with Gasteiger partial charge in [0.1, 0.15) is 11.9 Å². The molecule has 4 heterocycles. The zero-order valence-electron chi connectivity index (χ0n) is 17.9. The van der Waals surface area contributed by atoms with Crippen LogP contribution in [0.4, 0.5) is 0 Å². The van der Waals surface area contributed by atoms with Gasteiger partial charge < -0.3 is 18.8 Å². The highest BCUT2D eigenvalue weighted by atomic mass is 35.5. The molecule has 0 radical (unpaired) electrons. The van der Waals surface area contributed by atoms with E-state index < -0.39 is 0 Å². The van der Waals surface area contributed by atoms with Gasteiger partial charge >= 0.3 is 11.8 Å². The van der Waals surface area contributed by atoms with Crippen molar-refractivity contribution in [1.29, 1.82) is 0 Å². The van der Waals surface area contributed by atoms with Crippen LogP contribution in [0.5, 0.6) is 5.75 Å². The maximum absolute atomic E-state index is 12.6. The fourth-order valence-corrected chi connectivity index (χ4v) is 4.67. The summed E-state index contributed by atoms with van der Waals surface area (Å²) >= 11 is 5.90. The van der Waals surface area contributed by atoms with Crippen LogP contribution >= 0.6 is 11.6 Å². The van der Waals surface area contributed by atoms with Crippen LogP contribution in [0.15, 0.2) is 52.9 Å². The van der Waals surface area contributed by atoms with Gasteiger partial charge in [-0.05, 0) is 42.0 Å². The van der Waals surface area contributed by atoms with Gasteiger partial charge in [0.05, 0.1) is 26.3 Å². The lowest BCUT2D eigenvalue weighted by molar-refractivity contribution is -0.191. The molecule has 0 aliphatic carbocycles. The molecule has 0 bridgehead atoms. The average Bonchev–Trinajstić information content (AvgIpc) is 3.23. The van der Waals surface area contributed by atoms with E-state index in [9.17, 15) is 4.79 Å². The van der Waals surface area contributed by atoms with Gasteiger partial charge in [0.25, 0.3) is 0 Å². The van der Waals surface area contributed by atoms with E-state index in [1.807, 2.05) is 12.1 Å². The number of rotatable bonds is 6. The van der Waals surface area contributed by atoms with Crippen molar-refractivity contribution in [3.05, 3.63) is 65.0 Å². The summed E-state index contributed by atoms with van der Waals surface area (Å²) in [6.45, 7) is 5.99. The third kappa shape index (κ3) is 4.10. The molecule has 3 fully saturated rings. The van der Waals surface area contributed by atoms with Crippen LogP contribution in [0.1, 0.15) is 16.2 Å². The molecule has 3 saturated heterocycles. The average molecular weight is 467 g/mol. The predicted octanol–water partition coefficient (Wildman–Crippen LogP) is 3.13. The van der Waals surface area contributed by atoms with Gasteiger partial charge in [0.15, 0.2) is 0 Å². The number of amides is 1. The molecule has 1 aromatic heterocycles. The first kappa shape index (κ1) is 20.7. The van der Waals surface area contributed by atoms with Crippen LogP contribution in [0.3, 0.4) is 0 Å². The zero-order chi connectivity index (χ0) is 22.4. The SMILES string of the molecule is O=C(c1nnc(-c2ccc(Cl)cc2)o1)N1CC(Oc2ccc(CN3CC4(COC4)C3)cc2)C1. The molecule has 2 aromatic carbocycles. The second kappa shape index (κ2) is 8.13. The molecule has 9 heteroatoms. The molecule has 6 rings (SSSR count). The minimum Gasteiger partial charge on any atom is -0.487 e. The topological polar surface area (TPSA) is 80.9 Å². The van der Waals surface area contributed by atoms with Crippen molar-refractivity contribution in [2.75, 3.05) is 39.4 Å². The maximum Gasteiger partial charge on any atom is 0.311 e. The fourth-order valence-electron chi connectivity index (χ4n) is 4.54. The molecule has 0 saturated carbocycles. The Kier molecular flexibility index (Phi) is 5.09. The Hall–Kier alpha value is -2.94. The smallest absolute Gasteiger partial charge is 0.311 e. The van der Waals surface area contributed by atoms with Gasteiger partial charge in [-0.2, -0.15) is 0 Å². The highest BCUT2D eigenvalue weighted by Crippen LogP contribution is 2.38. The monoisotopic (exact) mass is 466 g/mol. The summed E-state index contributed by atoms with van der Waals surface area (Å²) in [6.07, 6.45) is -0.0488. The van der Waals surface area contributed by atoms with Gasteiger partial charge in [-0.1, -0.05) is 23.7 Å². The molecular weight excluding hydrogens is 444 g/mol. The van der Waals surface area contributed by atoms with E-state index in [4.69, 9.17) is 25.5 Å². The first-order valence-corrected chi connectivity index (χ1v) is 11.4. The lowest BCUT2D eigenvalue weighted by Gasteiger charge is -2.55. The molecule has 170 valence electrons. The molecule has 0 atom stereocenters. The summed E-state index contributed by atoms with van der Waals surface area (Å²) in [4.78, 5) is 16.7. The third-order valence-corrected chi connectivity index (χ3v) is 6.65. The maximum atomic E-state index is 12.6. The first-order valence-electron chi connectivity index (χ1n) is 11.0. The number of aromatic nitrogens is 2. The Labute approximate surface area is 196 Å². The van der Waals surface area contributed by atoms with Crippen LogP contribution in [-0.2, 0) is 11.3 Å². The number of ether oxygens (including phenoxy) is 2. The molecule has 1 spiro atoms. The van der Waals surface area contributed by atoms with Crippen molar-refractivity contribution in [2.45, 2.75) is 12.6 Å². The number of hydrogen-bond donors (Lipinski definition) is 0. The predicted molar refractivity (Wildman–Crippen MR) is 120 cm³/mol. The Morgan fingerprint density at radius 3 is 2.45 bits per heavy atom. The molecule has 33 heavy (non-hydrogen) atoms. The number of halogens is 1. The Morgan fingerprint density at radius 2 is 1.79 bits per heavy atom. The second-order valence-corrected chi connectivity index (χ2v) is 9.59. The number of benzene rings is 2. The van der Waals surface area contributed by atoms with E-state index in [1.165, 1.54) is 5.56 Å². The molecule has 3 aliphatic rings. The van der Waals surface area contributed by atoms with E-state index in [0.717, 1.165) is 38.6 Å². The normalized spacial score (nSPS) is 19.6. The second-order valence-electron chi connectivity index (χ2n) is 9.15. The highest BCUT2D eigenvalue weighted by Gasteiger charge is 2.48. The van der Waals surface area contributed by atoms with Crippen molar-refractivity contribution >= 4 is 17.5 Å². The Balaban J connectivity index is 0.979. The quantitative estimate of drug-likeness (QED) is 0.552. The number of nitrogens with zero attached hydrogens (tertiary/aromatic N) is 4. The lowest BCUT2D eigenvalue weighted by atomic mass is 9.78. The molecule has 3 aliphatic heterocycles. The zero-order valence-corrected chi connectivity index (χ0v) is 18.7. The van der Waals surface area contributed by atoms with Crippen LogP contribution in [-0.4, -0.2) is 71.4 Å². The summed E-state index contributed by atoms with van der Waals surface area (Å²) in [5.74, 6) is 0.787. The Morgan fingerprint density at radius 1 is 1.06 bits per heavy atom. The molecule has 0 unspecified atom stereocenters. The van der Waals surface area contributed by atoms with Crippen molar-refractivity contribution in [3.63, 3.8) is 0 Å². The summed E-state index contributed by atoms with van der Waals surface area (Å²) in [7, 11) is 0. The van der Waals surface area contributed by atoms with Gasteiger partial charge in [0.2, 0.25) is 5.89 Å². The highest BCUT2D eigenvalue weighted by molar-refractivity contribution is 6.30.